The molecular formula is C18H14F2Zr. The van der Waals surface area contributed by atoms with E-state index in [0.29, 0.717) is 3.63 Å². The summed E-state index contributed by atoms with van der Waals surface area (Å²) in [4.78, 5) is 0. The van der Waals surface area contributed by atoms with Gasteiger partial charge in [0, 0.05) is 0 Å². The Morgan fingerprint density at radius 3 is 1.90 bits per heavy atom. The zero-order valence-electron chi connectivity index (χ0n) is 11.4. The number of hydrogen-bond donors (Lipinski definition) is 0. The number of benzene rings is 2. The molecule has 0 fully saturated rings. The molecule has 0 N–H and O–H groups in total. The van der Waals surface area contributed by atoms with E-state index in [1.54, 1.807) is 14.4 Å². The molecule has 2 aromatic carbocycles. The largest absolute Gasteiger partial charge is 1.00 e. The van der Waals surface area contributed by atoms with Crippen molar-refractivity contribution in [3.05, 3.63) is 81.2 Å². The third kappa shape index (κ3) is 2.72. The van der Waals surface area contributed by atoms with Crippen LogP contribution in [0.4, 0.5) is 0 Å². The number of allylic oxidation sites excluding steroid dienone is 4. The van der Waals surface area contributed by atoms with Gasteiger partial charge in [-0.1, -0.05) is 0 Å². The first kappa shape index (κ1) is 16.0. The van der Waals surface area contributed by atoms with Gasteiger partial charge in [0.1, 0.15) is 0 Å². The normalized spacial score (nSPS) is 14.4. The predicted octanol–water partition coefficient (Wildman–Crippen LogP) is -1.31. The molecular weight excluding hydrogens is 345 g/mol. The van der Waals surface area contributed by atoms with Crippen LogP contribution in [0.15, 0.2) is 70.0 Å². The van der Waals surface area contributed by atoms with E-state index in [4.69, 9.17) is 0 Å². The predicted molar refractivity (Wildman–Crippen MR) is 75.6 cm³/mol. The van der Waals surface area contributed by atoms with E-state index in [2.05, 4.69) is 66.8 Å². The molecule has 2 aliphatic carbocycles. The molecule has 0 amide bonds. The van der Waals surface area contributed by atoms with Crippen molar-refractivity contribution in [3.8, 4) is 11.1 Å². The smallest absolute Gasteiger partial charge is 1.00 e. The van der Waals surface area contributed by atoms with E-state index in [9.17, 15) is 0 Å². The van der Waals surface area contributed by atoms with Crippen molar-refractivity contribution in [2.24, 2.45) is 0 Å². The first-order valence-electron chi connectivity index (χ1n) is 6.74. The minimum Gasteiger partial charge on any atom is -1.00 e. The Hall–Kier alpha value is -1.34. The summed E-state index contributed by atoms with van der Waals surface area (Å²) in [7, 11) is 0. The molecule has 0 unspecified atom stereocenters. The number of fused-ring (bicyclic) bond motifs is 3. The summed E-state index contributed by atoms with van der Waals surface area (Å²) in [5.41, 5.74) is 6.08. The van der Waals surface area contributed by atoms with Crippen molar-refractivity contribution < 1.29 is 32.6 Å². The molecule has 0 aromatic heterocycles. The molecule has 0 saturated carbocycles. The van der Waals surface area contributed by atoms with Crippen LogP contribution in [0.3, 0.4) is 0 Å². The molecule has 0 bridgehead atoms. The molecule has 0 radical (unpaired) electrons. The van der Waals surface area contributed by atoms with Crippen molar-refractivity contribution in [2.75, 3.05) is 0 Å². The Labute approximate surface area is 134 Å². The van der Waals surface area contributed by atoms with Crippen molar-refractivity contribution in [3.63, 3.8) is 0 Å². The van der Waals surface area contributed by atoms with Gasteiger partial charge in [-0.25, -0.2) is 0 Å². The monoisotopic (exact) mass is 358 g/mol. The molecule has 104 valence electrons. The van der Waals surface area contributed by atoms with Crippen LogP contribution in [-0.2, 0) is 23.2 Å². The molecule has 0 aliphatic heterocycles. The second-order valence-electron chi connectivity index (χ2n) is 5.08. The van der Waals surface area contributed by atoms with Gasteiger partial charge in [-0.2, -0.15) is 0 Å². The third-order valence-corrected chi connectivity index (χ3v) is 8.00. The Balaban J connectivity index is 0.000000807. The minimum absolute atomic E-state index is 0. The first-order chi connectivity index (χ1) is 9.43. The number of halogens is 2. The van der Waals surface area contributed by atoms with Gasteiger partial charge in [0.15, 0.2) is 0 Å². The van der Waals surface area contributed by atoms with Crippen molar-refractivity contribution in [1.29, 1.82) is 0 Å². The molecule has 3 heteroatoms. The van der Waals surface area contributed by atoms with Crippen LogP contribution >= 0.6 is 0 Å². The van der Waals surface area contributed by atoms with E-state index >= 15 is 0 Å². The molecule has 0 nitrogen and oxygen atoms in total. The minimum atomic E-state index is -0.570. The summed E-state index contributed by atoms with van der Waals surface area (Å²) >= 11 is -0.570. The second kappa shape index (κ2) is 6.62. The van der Waals surface area contributed by atoms with Gasteiger partial charge in [0.2, 0.25) is 0 Å². The summed E-state index contributed by atoms with van der Waals surface area (Å²) in [6.45, 7) is 0. The maximum absolute atomic E-state index is 2.36. The summed E-state index contributed by atoms with van der Waals surface area (Å²) in [6.07, 6.45) is 8.08. The van der Waals surface area contributed by atoms with Gasteiger partial charge >= 0.3 is 126 Å². The van der Waals surface area contributed by atoms with Crippen LogP contribution in [0, 0.1) is 0 Å². The van der Waals surface area contributed by atoms with Gasteiger partial charge in [-0.3, -0.25) is 0 Å². The fraction of sp³-hybridized carbons (Fsp3) is 0.111. The molecule has 0 saturated heterocycles. The molecule has 4 rings (SSSR count). The Bertz CT molecular complexity index is 658. The first-order valence-corrected chi connectivity index (χ1v) is 9.39. The van der Waals surface area contributed by atoms with Gasteiger partial charge in [0.25, 0.3) is 0 Å². The molecule has 0 heterocycles. The molecule has 21 heavy (non-hydrogen) atoms. The Morgan fingerprint density at radius 1 is 0.810 bits per heavy atom. The Kier molecular flexibility index (Phi) is 5.05. The Morgan fingerprint density at radius 2 is 1.38 bits per heavy atom. The third-order valence-electron chi connectivity index (χ3n) is 3.93. The summed E-state index contributed by atoms with van der Waals surface area (Å²) < 4.78 is 2.43. The van der Waals surface area contributed by atoms with Gasteiger partial charge < -0.3 is 9.41 Å². The van der Waals surface area contributed by atoms with E-state index < -0.39 is 23.2 Å². The van der Waals surface area contributed by atoms with Crippen LogP contribution in [0.2, 0.25) is 0 Å². The van der Waals surface area contributed by atoms with E-state index in [1.807, 2.05) is 0 Å². The van der Waals surface area contributed by atoms with Gasteiger partial charge in [-0.15, -0.1) is 0 Å². The maximum atomic E-state index is 2.36. The van der Waals surface area contributed by atoms with Crippen molar-refractivity contribution in [2.45, 2.75) is 10.0 Å². The van der Waals surface area contributed by atoms with E-state index in [0.717, 1.165) is 0 Å². The van der Waals surface area contributed by atoms with Crippen LogP contribution in [0.25, 0.3) is 11.1 Å². The summed E-state index contributed by atoms with van der Waals surface area (Å²) in [5, 5.41) is 0. The maximum Gasteiger partial charge on any atom is -1.00 e. The van der Waals surface area contributed by atoms with Crippen molar-refractivity contribution in [1.82, 2.24) is 0 Å². The number of hydrogen-bond acceptors (Lipinski definition) is 0. The molecule has 0 spiro atoms. The summed E-state index contributed by atoms with van der Waals surface area (Å²) in [6, 6.07) is 18.0. The molecule has 2 aliphatic rings. The van der Waals surface area contributed by atoms with Crippen LogP contribution in [0.5, 0.6) is 0 Å². The van der Waals surface area contributed by atoms with Gasteiger partial charge in [0.05, 0.1) is 0 Å². The average Bonchev–Trinajstić information content (AvgIpc) is 3.08. The topological polar surface area (TPSA) is 0 Å². The standard InChI is InChI=1S/C13H9.C5H5.2FH.Zr/c1-3-7-12-10(5-1)9-11-6-2-4-8-13(11)12;1-2-4-5-3-1;;;/h1-9H;1-3H,4H2;2*1H;/q;;;;+2/p-2. The SMILES string of the molecule is C1=CC[C]([Zr+2][CH]2c3ccccc3-c3ccccc32)=C1.[F-].[F-]. The van der Waals surface area contributed by atoms with Crippen molar-refractivity contribution >= 4 is 0 Å². The average molecular weight is 360 g/mol. The summed E-state index contributed by atoms with van der Waals surface area (Å²) in [5.74, 6) is 0. The van der Waals surface area contributed by atoms with Crippen LogP contribution < -0.4 is 9.41 Å². The van der Waals surface area contributed by atoms with Crippen LogP contribution in [-0.4, -0.2) is 0 Å². The zero-order valence-corrected chi connectivity index (χ0v) is 13.8. The fourth-order valence-electron chi connectivity index (χ4n) is 3.05. The molecule has 2 aromatic rings. The zero-order chi connectivity index (χ0) is 12.7. The second-order valence-corrected chi connectivity index (χ2v) is 8.78. The fourth-order valence-corrected chi connectivity index (χ4v) is 7.02. The van der Waals surface area contributed by atoms with E-state index in [-0.39, 0.29) is 9.41 Å². The molecule has 0 atom stereocenters. The van der Waals surface area contributed by atoms with E-state index in [1.165, 1.54) is 17.5 Å². The quantitative estimate of drug-likeness (QED) is 0.625. The van der Waals surface area contributed by atoms with Crippen LogP contribution in [0.1, 0.15) is 21.2 Å². The number of rotatable bonds is 2. The van der Waals surface area contributed by atoms with Gasteiger partial charge in [-0.05, 0) is 0 Å².